The molecule has 3 rings (SSSR count). The molecule has 2 aromatic rings. The molecule has 0 aliphatic heterocycles. The number of nitrogens with zero attached hydrogens (tertiary/aromatic N) is 2. The van der Waals surface area contributed by atoms with Crippen LogP contribution in [0.2, 0.25) is 0 Å². The fourth-order valence-electron chi connectivity index (χ4n) is 3.27. The molecule has 0 N–H and O–H groups in total. The van der Waals surface area contributed by atoms with E-state index in [0.717, 1.165) is 23.3 Å². The molecule has 1 aliphatic carbocycles. The van der Waals surface area contributed by atoms with Crippen molar-refractivity contribution in [2.24, 2.45) is 7.05 Å². The molecule has 0 fully saturated rings. The van der Waals surface area contributed by atoms with Gasteiger partial charge in [-0.2, -0.15) is 0 Å². The van der Waals surface area contributed by atoms with Crippen LogP contribution in [0.25, 0.3) is 10.2 Å². The van der Waals surface area contributed by atoms with Gasteiger partial charge in [0.25, 0.3) is 5.56 Å². The first-order chi connectivity index (χ1) is 12.0. The second kappa shape index (κ2) is 6.95. The van der Waals surface area contributed by atoms with Crippen LogP contribution in [-0.4, -0.2) is 34.7 Å². The molecule has 0 radical (unpaired) electrons. The van der Waals surface area contributed by atoms with Gasteiger partial charge in [-0.15, -0.1) is 11.3 Å². The first kappa shape index (κ1) is 17.6. The number of carbonyl (C=O) groups excluding carboxylic acids is 2. The summed E-state index contributed by atoms with van der Waals surface area (Å²) in [5, 5.41) is 0.516. The maximum Gasteiger partial charge on any atom is 0.374 e. The Hall–Kier alpha value is -2.22. The Morgan fingerprint density at radius 1 is 1.28 bits per heavy atom. The topological polar surface area (TPSA) is 87.5 Å². The van der Waals surface area contributed by atoms with Gasteiger partial charge in [0, 0.05) is 11.9 Å². The van der Waals surface area contributed by atoms with Crippen molar-refractivity contribution in [1.29, 1.82) is 0 Å². The largest absolute Gasteiger partial charge is 0.466 e. The zero-order valence-corrected chi connectivity index (χ0v) is 15.3. The Balaban J connectivity index is 2.07. The van der Waals surface area contributed by atoms with Gasteiger partial charge in [-0.05, 0) is 38.2 Å². The van der Waals surface area contributed by atoms with E-state index < -0.39 is 5.97 Å². The number of esters is 2. The number of fused-ring (bicyclic) bond motifs is 3. The highest BCUT2D eigenvalue weighted by atomic mass is 32.1. The van der Waals surface area contributed by atoms with E-state index in [1.54, 1.807) is 13.8 Å². The van der Waals surface area contributed by atoms with E-state index in [1.165, 1.54) is 23.0 Å². The van der Waals surface area contributed by atoms with Crippen molar-refractivity contribution >= 4 is 33.5 Å². The molecule has 0 saturated carbocycles. The Kier molecular flexibility index (Phi) is 4.89. The number of rotatable bonds is 5. The molecular weight excluding hydrogens is 344 g/mol. The van der Waals surface area contributed by atoms with Gasteiger partial charge >= 0.3 is 11.9 Å². The molecule has 0 amide bonds. The Morgan fingerprint density at radius 3 is 2.68 bits per heavy atom. The van der Waals surface area contributed by atoms with E-state index in [2.05, 4.69) is 4.98 Å². The van der Waals surface area contributed by atoms with Crippen LogP contribution in [0.4, 0.5) is 0 Å². The monoisotopic (exact) mass is 364 g/mol. The third-order valence-corrected chi connectivity index (χ3v) is 5.51. The van der Waals surface area contributed by atoms with Crippen LogP contribution in [0, 0.1) is 0 Å². The van der Waals surface area contributed by atoms with Crippen LogP contribution in [-0.2, 0) is 27.7 Å². The van der Waals surface area contributed by atoms with E-state index in [0.29, 0.717) is 16.8 Å². The molecule has 8 heteroatoms. The van der Waals surface area contributed by atoms with E-state index in [4.69, 9.17) is 9.47 Å². The minimum absolute atomic E-state index is 0.00113. The predicted molar refractivity (Wildman–Crippen MR) is 93.1 cm³/mol. The van der Waals surface area contributed by atoms with E-state index >= 15 is 0 Å². The SMILES string of the molecule is CCOC(=O)CC1CCc2sc3nc(C(=O)OCC)n(C)c(=O)c3c21. The Morgan fingerprint density at radius 2 is 2.00 bits per heavy atom. The fourth-order valence-corrected chi connectivity index (χ4v) is 4.53. The van der Waals surface area contributed by atoms with E-state index in [9.17, 15) is 14.4 Å². The minimum atomic E-state index is -0.611. The second-order valence-electron chi connectivity index (χ2n) is 5.88. The van der Waals surface area contributed by atoms with Gasteiger partial charge < -0.3 is 9.47 Å². The maximum atomic E-state index is 12.8. The van der Waals surface area contributed by atoms with Crippen LogP contribution in [0.5, 0.6) is 0 Å². The van der Waals surface area contributed by atoms with Crippen LogP contribution in [0.1, 0.15) is 53.7 Å². The lowest BCUT2D eigenvalue weighted by Crippen LogP contribution is -2.26. The summed E-state index contributed by atoms with van der Waals surface area (Å²) in [4.78, 5) is 42.7. The number of aryl methyl sites for hydroxylation is 1. The Bertz CT molecular complexity index is 899. The zero-order chi connectivity index (χ0) is 18.1. The third-order valence-electron chi connectivity index (χ3n) is 4.35. The van der Waals surface area contributed by atoms with Crippen molar-refractivity contribution in [2.45, 2.75) is 39.0 Å². The van der Waals surface area contributed by atoms with Crippen molar-refractivity contribution in [3.8, 4) is 0 Å². The number of thiophene rings is 1. The smallest absolute Gasteiger partial charge is 0.374 e. The number of ether oxygens (including phenoxy) is 2. The molecule has 7 nitrogen and oxygen atoms in total. The summed E-state index contributed by atoms with van der Waals surface area (Å²) in [5.41, 5.74) is 0.623. The molecule has 0 aromatic carbocycles. The van der Waals surface area contributed by atoms with Crippen molar-refractivity contribution in [3.63, 3.8) is 0 Å². The summed E-state index contributed by atoms with van der Waals surface area (Å²) in [6.07, 6.45) is 1.88. The highest BCUT2D eigenvalue weighted by Gasteiger charge is 2.32. The number of carbonyl (C=O) groups is 2. The molecule has 2 heterocycles. The van der Waals surface area contributed by atoms with Gasteiger partial charge in [-0.25, -0.2) is 9.78 Å². The molecule has 25 heavy (non-hydrogen) atoms. The average molecular weight is 364 g/mol. The summed E-state index contributed by atoms with van der Waals surface area (Å²) < 4.78 is 11.2. The quantitative estimate of drug-likeness (QED) is 0.756. The summed E-state index contributed by atoms with van der Waals surface area (Å²) >= 11 is 1.42. The van der Waals surface area contributed by atoms with Crippen LogP contribution in [0.15, 0.2) is 4.79 Å². The van der Waals surface area contributed by atoms with Gasteiger partial charge in [0.05, 0.1) is 25.0 Å². The summed E-state index contributed by atoms with van der Waals surface area (Å²) in [7, 11) is 1.51. The van der Waals surface area contributed by atoms with Crippen molar-refractivity contribution < 1.29 is 19.1 Å². The summed E-state index contributed by atoms with van der Waals surface area (Å²) in [5.74, 6) is -0.903. The van der Waals surface area contributed by atoms with Crippen molar-refractivity contribution in [3.05, 3.63) is 26.6 Å². The highest BCUT2D eigenvalue weighted by Crippen LogP contribution is 2.43. The fraction of sp³-hybridized carbons (Fsp3) is 0.529. The van der Waals surface area contributed by atoms with E-state index in [-0.39, 0.29) is 36.3 Å². The number of hydrogen-bond acceptors (Lipinski definition) is 7. The predicted octanol–water partition coefficient (Wildman–Crippen LogP) is 2.15. The molecule has 0 bridgehead atoms. The maximum absolute atomic E-state index is 12.8. The van der Waals surface area contributed by atoms with Gasteiger partial charge in [0.2, 0.25) is 5.82 Å². The third kappa shape index (κ3) is 3.06. The normalized spacial score (nSPS) is 16.0. The molecule has 1 unspecified atom stereocenters. The summed E-state index contributed by atoms with van der Waals surface area (Å²) in [6.45, 7) is 4.03. The lowest BCUT2D eigenvalue weighted by atomic mass is 9.98. The van der Waals surface area contributed by atoms with Crippen molar-refractivity contribution in [2.75, 3.05) is 13.2 Å². The van der Waals surface area contributed by atoms with Crippen LogP contribution < -0.4 is 5.56 Å². The first-order valence-corrected chi connectivity index (χ1v) is 9.14. The van der Waals surface area contributed by atoms with Gasteiger partial charge in [-0.1, -0.05) is 0 Å². The van der Waals surface area contributed by atoms with Crippen LogP contribution in [0.3, 0.4) is 0 Å². The van der Waals surface area contributed by atoms with Crippen LogP contribution >= 0.6 is 11.3 Å². The van der Waals surface area contributed by atoms with Crippen molar-refractivity contribution in [1.82, 2.24) is 9.55 Å². The Labute approximate surface area is 148 Å². The molecular formula is C17H20N2O5S. The molecule has 134 valence electrons. The molecule has 1 atom stereocenters. The second-order valence-corrected chi connectivity index (χ2v) is 6.97. The average Bonchev–Trinajstić information content (AvgIpc) is 3.11. The molecule has 0 saturated heterocycles. The summed E-state index contributed by atoms with van der Waals surface area (Å²) in [6, 6.07) is 0. The molecule has 2 aromatic heterocycles. The van der Waals surface area contributed by atoms with E-state index in [1.807, 2.05) is 0 Å². The minimum Gasteiger partial charge on any atom is -0.466 e. The molecule has 1 aliphatic rings. The highest BCUT2D eigenvalue weighted by molar-refractivity contribution is 7.18. The lowest BCUT2D eigenvalue weighted by molar-refractivity contribution is -0.143. The number of hydrogen-bond donors (Lipinski definition) is 0. The number of aromatic nitrogens is 2. The van der Waals surface area contributed by atoms with Gasteiger partial charge in [0.1, 0.15) is 4.83 Å². The first-order valence-electron chi connectivity index (χ1n) is 8.32. The van der Waals surface area contributed by atoms with Gasteiger partial charge in [-0.3, -0.25) is 14.2 Å². The van der Waals surface area contributed by atoms with Gasteiger partial charge in [0.15, 0.2) is 0 Å². The lowest BCUT2D eigenvalue weighted by Gasteiger charge is -2.11. The molecule has 0 spiro atoms. The zero-order valence-electron chi connectivity index (χ0n) is 14.5. The standard InChI is InChI=1S/C17H20N2O5S/c1-4-23-11(20)8-9-6-7-10-12(9)13-15(25-10)18-14(17(22)24-5-2)19(3)16(13)21/h9H,4-8H2,1-3H3.